The van der Waals surface area contributed by atoms with Crippen molar-refractivity contribution in [3.05, 3.63) is 89.1 Å². The third kappa shape index (κ3) is 4.93. The summed E-state index contributed by atoms with van der Waals surface area (Å²) < 4.78 is 0. The molecule has 32 heavy (non-hydrogen) atoms. The third-order valence-corrected chi connectivity index (χ3v) is 7.45. The predicted octanol–water partition coefficient (Wildman–Crippen LogP) is 8.77. The third-order valence-electron chi connectivity index (χ3n) is 7.45. The molecule has 0 bridgehead atoms. The summed E-state index contributed by atoms with van der Waals surface area (Å²) >= 11 is 0. The zero-order valence-corrected chi connectivity index (χ0v) is 21.3. The Bertz CT molecular complexity index is 1020. The molecule has 1 nitrogen and oxygen atoms in total. The van der Waals surface area contributed by atoms with Crippen molar-refractivity contribution in [1.82, 2.24) is 0 Å². The molecule has 0 heterocycles. The molecule has 0 fully saturated rings. The van der Waals surface area contributed by atoms with E-state index >= 15 is 0 Å². The highest BCUT2D eigenvalue weighted by Crippen LogP contribution is 2.42. The summed E-state index contributed by atoms with van der Waals surface area (Å²) in [7, 11) is 4.31. The summed E-state index contributed by atoms with van der Waals surface area (Å²) in [6.45, 7) is 15.3. The summed E-state index contributed by atoms with van der Waals surface area (Å²) in [5, 5.41) is 0. The van der Waals surface area contributed by atoms with Gasteiger partial charge in [0.2, 0.25) is 0 Å². The van der Waals surface area contributed by atoms with E-state index < -0.39 is 0 Å². The van der Waals surface area contributed by atoms with Crippen LogP contribution in [0.15, 0.2) is 78.0 Å². The Labute approximate surface area is 196 Å². The normalized spacial score (nSPS) is 20.8. The minimum absolute atomic E-state index is 0.229. The first-order valence-electron chi connectivity index (χ1n) is 12.1. The van der Waals surface area contributed by atoms with E-state index in [0.29, 0.717) is 5.92 Å². The Morgan fingerprint density at radius 3 is 2.53 bits per heavy atom. The molecule has 0 aromatic heterocycles. The van der Waals surface area contributed by atoms with Gasteiger partial charge in [-0.15, -0.1) is 0 Å². The van der Waals surface area contributed by atoms with Gasteiger partial charge in [0.15, 0.2) is 0 Å². The lowest BCUT2D eigenvalue weighted by atomic mass is 9.71. The number of hydrogen-bond donors (Lipinski definition) is 0. The number of benzene rings is 1. The van der Waals surface area contributed by atoms with Crippen LogP contribution in [0.2, 0.25) is 0 Å². The molecule has 2 aliphatic rings. The lowest BCUT2D eigenvalue weighted by molar-refractivity contribution is 0.297. The number of anilines is 1. The highest BCUT2D eigenvalue weighted by molar-refractivity contribution is 5.85. The number of allylic oxidation sites excluding steroid dienone is 11. The van der Waals surface area contributed by atoms with Crippen molar-refractivity contribution < 1.29 is 0 Å². The maximum atomic E-state index is 4.14. The van der Waals surface area contributed by atoms with Gasteiger partial charge in [0.05, 0.1) is 0 Å². The van der Waals surface area contributed by atoms with E-state index in [1.165, 1.54) is 44.7 Å². The molecule has 0 amide bonds. The SMILES string of the molecule is C=C(C)C1=CC(C)=C(c2ccc(C3=CCC(C(C)(C=CC)CC)C=C3)cc2N(C)C)CC1. The second-order valence-corrected chi connectivity index (χ2v) is 9.96. The Morgan fingerprint density at radius 1 is 1.25 bits per heavy atom. The van der Waals surface area contributed by atoms with Crippen LogP contribution >= 0.6 is 0 Å². The van der Waals surface area contributed by atoms with Gasteiger partial charge < -0.3 is 4.90 Å². The quantitative estimate of drug-likeness (QED) is 0.393. The second-order valence-electron chi connectivity index (χ2n) is 9.96. The average molecular weight is 428 g/mol. The highest BCUT2D eigenvalue weighted by atomic mass is 15.1. The molecular formula is C31H41N. The highest BCUT2D eigenvalue weighted by Gasteiger charge is 2.28. The smallest absolute Gasteiger partial charge is 0.0443 e. The minimum Gasteiger partial charge on any atom is -0.377 e. The molecule has 0 radical (unpaired) electrons. The van der Waals surface area contributed by atoms with Gasteiger partial charge in [0, 0.05) is 25.3 Å². The summed E-state index contributed by atoms with van der Waals surface area (Å²) in [5.74, 6) is 0.560. The van der Waals surface area contributed by atoms with Crippen LogP contribution in [0.5, 0.6) is 0 Å². The average Bonchev–Trinajstić information content (AvgIpc) is 2.78. The zero-order chi connectivity index (χ0) is 23.5. The van der Waals surface area contributed by atoms with Crippen LogP contribution in [0.25, 0.3) is 11.1 Å². The monoisotopic (exact) mass is 427 g/mol. The lowest BCUT2D eigenvalue weighted by Gasteiger charge is -2.34. The van der Waals surface area contributed by atoms with Gasteiger partial charge in [0.1, 0.15) is 0 Å². The first kappa shape index (κ1) is 24.1. The van der Waals surface area contributed by atoms with E-state index in [1.807, 2.05) is 0 Å². The van der Waals surface area contributed by atoms with Crippen molar-refractivity contribution in [3.63, 3.8) is 0 Å². The molecule has 1 heteroatoms. The van der Waals surface area contributed by atoms with Crippen LogP contribution in [0.3, 0.4) is 0 Å². The molecule has 1 aromatic carbocycles. The van der Waals surface area contributed by atoms with E-state index in [2.05, 4.69) is 115 Å². The van der Waals surface area contributed by atoms with E-state index in [0.717, 1.165) is 25.7 Å². The van der Waals surface area contributed by atoms with Gasteiger partial charge in [-0.2, -0.15) is 0 Å². The molecular weight excluding hydrogens is 386 g/mol. The molecule has 0 N–H and O–H groups in total. The number of rotatable bonds is 7. The first-order valence-corrected chi connectivity index (χ1v) is 12.1. The Morgan fingerprint density at radius 2 is 2.00 bits per heavy atom. The van der Waals surface area contributed by atoms with Crippen molar-refractivity contribution in [2.45, 2.75) is 60.3 Å². The molecule has 2 atom stereocenters. The Balaban J connectivity index is 1.92. The molecule has 2 aliphatic carbocycles. The van der Waals surface area contributed by atoms with E-state index in [1.54, 1.807) is 0 Å². The fraction of sp³-hybridized carbons (Fsp3) is 0.419. The standard InChI is InChI=1S/C31H41N/c1-9-19-31(6,10-2)27-15-11-24(12-16-27)26-14-18-29(30(21-26)32(7)8)28-17-13-25(22(3)4)20-23(28)5/h9,11-12,14-15,18-21,27H,3,10,13,16-17H2,1-2,4-8H3. The van der Waals surface area contributed by atoms with Crippen LogP contribution in [0, 0.1) is 11.3 Å². The Hall–Kier alpha value is -2.54. The van der Waals surface area contributed by atoms with Gasteiger partial charge in [-0.25, -0.2) is 0 Å². The topological polar surface area (TPSA) is 3.24 Å². The summed E-state index contributed by atoms with van der Waals surface area (Å²) in [4.78, 5) is 2.26. The van der Waals surface area contributed by atoms with Crippen molar-refractivity contribution in [2.75, 3.05) is 19.0 Å². The molecule has 2 unspecified atom stereocenters. The van der Waals surface area contributed by atoms with Crippen molar-refractivity contribution >= 4 is 16.8 Å². The lowest BCUT2D eigenvalue weighted by Crippen LogP contribution is -2.23. The van der Waals surface area contributed by atoms with Gasteiger partial charge in [-0.3, -0.25) is 0 Å². The van der Waals surface area contributed by atoms with Gasteiger partial charge in [-0.1, -0.05) is 74.6 Å². The predicted molar refractivity (Wildman–Crippen MR) is 144 cm³/mol. The van der Waals surface area contributed by atoms with Crippen LogP contribution < -0.4 is 4.90 Å². The van der Waals surface area contributed by atoms with Crippen LogP contribution in [-0.2, 0) is 0 Å². The van der Waals surface area contributed by atoms with Crippen molar-refractivity contribution in [3.8, 4) is 0 Å². The van der Waals surface area contributed by atoms with E-state index in [4.69, 9.17) is 0 Å². The molecule has 3 rings (SSSR count). The van der Waals surface area contributed by atoms with Gasteiger partial charge in [-0.05, 0) is 91.7 Å². The Kier molecular flexibility index (Phi) is 7.49. The summed E-state index contributed by atoms with van der Waals surface area (Å²) in [5.41, 5.74) is 10.9. The molecule has 1 aromatic rings. The number of nitrogens with zero attached hydrogens (tertiary/aromatic N) is 1. The zero-order valence-electron chi connectivity index (χ0n) is 21.3. The van der Waals surface area contributed by atoms with Crippen molar-refractivity contribution in [2.24, 2.45) is 11.3 Å². The number of hydrogen-bond acceptors (Lipinski definition) is 1. The second kappa shape index (κ2) is 9.94. The van der Waals surface area contributed by atoms with Crippen LogP contribution in [0.1, 0.15) is 71.4 Å². The van der Waals surface area contributed by atoms with Crippen molar-refractivity contribution in [1.29, 1.82) is 0 Å². The fourth-order valence-electron chi connectivity index (χ4n) is 5.11. The van der Waals surface area contributed by atoms with Crippen LogP contribution in [-0.4, -0.2) is 14.1 Å². The summed E-state index contributed by atoms with van der Waals surface area (Å²) in [6.07, 6.45) is 18.5. The molecule has 0 saturated heterocycles. The molecule has 0 saturated carbocycles. The molecule has 0 aliphatic heterocycles. The van der Waals surface area contributed by atoms with E-state index in [9.17, 15) is 0 Å². The minimum atomic E-state index is 0.229. The molecule has 170 valence electrons. The van der Waals surface area contributed by atoms with Gasteiger partial charge in [0.25, 0.3) is 0 Å². The molecule has 0 spiro atoms. The largest absolute Gasteiger partial charge is 0.377 e. The van der Waals surface area contributed by atoms with Crippen LogP contribution in [0.4, 0.5) is 5.69 Å². The summed E-state index contributed by atoms with van der Waals surface area (Å²) in [6, 6.07) is 7.01. The fourth-order valence-corrected chi connectivity index (χ4v) is 5.11. The maximum absolute atomic E-state index is 4.14. The van der Waals surface area contributed by atoms with E-state index in [-0.39, 0.29) is 5.41 Å². The maximum Gasteiger partial charge on any atom is 0.0443 e. The first-order chi connectivity index (χ1) is 15.2. The van der Waals surface area contributed by atoms with Gasteiger partial charge >= 0.3 is 0 Å².